The summed E-state index contributed by atoms with van der Waals surface area (Å²) < 4.78 is 0. The second-order valence-corrected chi connectivity index (χ2v) is 5.84. The molecule has 0 saturated carbocycles. The van der Waals surface area contributed by atoms with Crippen LogP contribution in [-0.2, 0) is 11.2 Å². The normalized spacial score (nSPS) is 17.9. The highest BCUT2D eigenvalue weighted by Crippen LogP contribution is 2.27. The third kappa shape index (κ3) is 3.05. The van der Waals surface area contributed by atoms with Crippen molar-refractivity contribution >= 4 is 29.2 Å². The maximum absolute atomic E-state index is 12.6. The molecule has 1 aliphatic rings. The van der Waals surface area contributed by atoms with E-state index in [0.717, 1.165) is 5.56 Å². The first-order valence-electron chi connectivity index (χ1n) is 7.37. The Bertz CT molecular complexity index is 718. The van der Waals surface area contributed by atoms with Crippen LogP contribution in [0.2, 0.25) is 5.02 Å². The highest BCUT2D eigenvalue weighted by atomic mass is 35.5. The molecule has 3 rings (SSSR count). The number of anilines is 1. The van der Waals surface area contributed by atoms with Gasteiger partial charge in [-0.25, -0.2) is 4.79 Å². The summed E-state index contributed by atoms with van der Waals surface area (Å²) in [5.74, 6) is -0.181. The van der Waals surface area contributed by atoms with Crippen LogP contribution in [-0.4, -0.2) is 34.4 Å². The summed E-state index contributed by atoms with van der Waals surface area (Å²) in [6, 6.07) is 9.87. The van der Waals surface area contributed by atoms with Crippen molar-refractivity contribution in [3.05, 3.63) is 59.4 Å². The summed E-state index contributed by atoms with van der Waals surface area (Å²) in [6.07, 6.45) is 4.01. The van der Waals surface area contributed by atoms with E-state index in [0.29, 0.717) is 23.7 Å². The van der Waals surface area contributed by atoms with Gasteiger partial charge < -0.3 is 0 Å². The molecule has 1 fully saturated rings. The number of benzene rings is 1. The van der Waals surface area contributed by atoms with Crippen LogP contribution in [0.5, 0.6) is 0 Å². The molecule has 23 heavy (non-hydrogen) atoms. The van der Waals surface area contributed by atoms with Gasteiger partial charge in [-0.15, -0.1) is 0 Å². The van der Waals surface area contributed by atoms with Crippen LogP contribution in [0.25, 0.3) is 0 Å². The topological polar surface area (TPSA) is 53.5 Å². The Labute approximate surface area is 139 Å². The predicted octanol–water partition coefficient (Wildman–Crippen LogP) is 3.13. The fraction of sp³-hybridized carbons (Fsp3) is 0.235. The molecule has 1 aromatic carbocycles. The molecule has 0 N–H and O–H groups in total. The summed E-state index contributed by atoms with van der Waals surface area (Å²) in [4.78, 5) is 31.8. The number of pyridine rings is 1. The second kappa shape index (κ2) is 6.38. The van der Waals surface area contributed by atoms with E-state index in [9.17, 15) is 9.59 Å². The Morgan fingerprint density at radius 2 is 1.74 bits per heavy atom. The summed E-state index contributed by atoms with van der Waals surface area (Å²) in [7, 11) is 0. The van der Waals surface area contributed by atoms with E-state index in [-0.39, 0.29) is 11.9 Å². The SMILES string of the molecule is CC1C(=O)N(CCc2ccncc2)C(=O)N1c1ccc(Cl)cc1. The number of amides is 3. The maximum atomic E-state index is 12.6. The molecule has 2 aromatic rings. The van der Waals surface area contributed by atoms with Crippen molar-refractivity contribution in [2.24, 2.45) is 0 Å². The van der Waals surface area contributed by atoms with Gasteiger partial charge in [-0.2, -0.15) is 0 Å². The molecule has 5 nitrogen and oxygen atoms in total. The van der Waals surface area contributed by atoms with Gasteiger partial charge in [0.1, 0.15) is 6.04 Å². The zero-order chi connectivity index (χ0) is 16.4. The van der Waals surface area contributed by atoms with E-state index < -0.39 is 6.04 Å². The third-order valence-electron chi connectivity index (χ3n) is 3.93. The van der Waals surface area contributed by atoms with Gasteiger partial charge in [-0.3, -0.25) is 19.6 Å². The third-order valence-corrected chi connectivity index (χ3v) is 4.18. The number of carbonyl (C=O) groups is 2. The molecule has 1 aromatic heterocycles. The number of urea groups is 1. The molecular weight excluding hydrogens is 314 g/mol. The van der Waals surface area contributed by atoms with Crippen molar-refractivity contribution in [3.8, 4) is 0 Å². The van der Waals surface area contributed by atoms with Crippen molar-refractivity contribution in [1.29, 1.82) is 0 Å². The minimum atomic E-state index is -0.513. The molecule has 118 valence electrons. The second-order valence-electron chi connectivity index (χ2n) is 5.40. The summed E-state index contributed by atoms with van der Waals surface area (Å²) in [6.45, 7) is 2.09. The monoisotopic (exact) mass is 329 g/mol. The van der Waals surface area contributed by atoms with Crippen LogP contribution in [0.4, 0.5) is 10.5 Å². The van der Waals surface area contributed by atoms with Crippen molar-refractivity contribution in [1.82, 2.24) is 9.88 Å². The minimum Gasteiger partial charge on any atom is -0.282 e. The fourth-order valence-corrected chi connectivity index (χ4v) is 2.78. The van der Waals surface area contributed by atoms with E-state index >= 15 is 0 Å². The average Bonchev–Trinajstić information content (AvgIpc) is 2.78. The standard InChI is InChI=1S/C17H16ClN3O2/c1-12-16(22)20(11-8-13-6-9-19-10-7-13)17(23)21(12)15-4-2-14(18)3-5-15/h2-7,9-10,12H,8,11H2,1H3. The number of halogens is 1. The Balaban J connectivity index is 1.76. The first-order chi connectivity index (χ1) is 11.1. The quantitative estimate of drug-likeness (QED) is 0.810. The number of carbonyl (C=O) groups excluding carboxylic acids is 2. The van der Waals surface area contributed by atoms with Gasteiger partial charge >= 0.3 is 6.03 Å². The summed E-state index contributed by atoms with van der Waals surface area (Å²) in [5, 5.41) is 0.592. The zero-order valence-corrected chi connectivity index (χ0v) is 13.4. The molecule has 2 heterocycles. The van der Waals surface area contributed by atoms with E-state index in [2.05, 4.69) is 4.98 Å². The molecule has 1 aliphatic heterocycles. The maximum Gasteiger partial charge on any atom is 0.331 e. The van der Waals surface area contributed by atoms with Gasteiger partial charge in [0.05, 0.1) is 0 Å². The number of aromatic nitrogens is 1. The van der Waals surface area contributed by atoms with Crippen LogP contribution in [0.1, 0.15) is 12.5 Å². The molecule has 1 unspecified atom stereocenters. The van der Waals surface area contributed by atoms with Crippen LogP contribution < -0.4 is 4.90 Å². The van der Waals surface area contributed by atoms with Gasteiger partial charge in [-0.05, 0) is 55.3 Å². The summed E-state index contributed by atoms with van der Waals surface area (Å²) >= 11 is 5.88. The number of imide groups is 1. The van der Waals surface area contributed by atoms with Crippen molar-refractivity contribution in [2.75, 3.05) is 11.4 Å². The van der Waals surface area contributed by atoms with Crippen LogP contribution in [0.15, 0.2) is 48.8 Å². The lowest BCUT2D eigenvalue weighted by Gasteiger charge is -2.19. The lowest BCUT2D eigenvalue weighted by atomic mass is 10.2. The lowest BCUT2D eigenvalue weighted by molar-refractivity contribution is -0.126. The highest BCUT2D eigenvalue weighted by molar-refractivity contribution is 6.30. The molecule has 0 radical (unpaired) electrons. The van der Waals surface area contributed by atoms with Gasteiger partial charge in [0.2, 0.25) is 0 Å². The molecule has 6 heteroatoms. The van der Waals surface area contributed by atoms with Crippen LogP contribution in [0, 0.1) is 0 Å². The molecule has 3 amide bonds. The van der Waals surface area contributed by atoms with Crippen LogP contribution in [0.3, 0.4) is 0 Å². The number of hydrogen-bond acceptors (Lipinski definition) is 3. The van der Waals surface area contributed by atoms with Crippen LogP contribution >= 0.6 is 11.6 Å². The first kappa shape index (κ1) is 15.5. The predicted molar refractivity (Wildman–Crippen MR) is 88.4 cm³/mol. The van der Waals surface area contributed by atoms with Gasteiger partial charge in [-0.1, -0.05) is 11.6 Å². The van der Waals surface area contributed by atoms with E-state index in [1.807, 2.05) is 12.1 Å². The Morgan fingerprint density at radius 3 is 2.39 bits per heavy atom. The van der Waals surface area contributed by atoms with Gasteiger partial charge in [0.25, 0.3) is 5.91 Å². The molecule has 0 aliphatic carbocycles. The molecule has 1 saturated heterocycles. The number of nitrogens with zero attached hydrogens (tertiary/aromatic N) is 3. The Hall–Kier alpha value is -2.40. The molecular formula is C17H16ClN3O2. The van der Waals surface area contributed by atoms with E-state index in [1.165, 1.54) is 9.80 Å². The summed E-state index contributed by atoms with van der Waals surface area (Å²) in [5.41, 5.74) is 1.71. The fourth-order valence-electron chi connectivity index (χ4n) is 2.66. The van der Waals surface area contributed by atoms with Crippen molar-refractivity contribution in [3.63, 3.8) is 0 Å². The molecule has 0 bridgehead atoms. The number of rotatable bonds is 4. The molecule has 1 atom stereocenters. The van der Waals surface area contributed by atoms with E-state index in [1.54, 1.807) is 43.6 Å². The lowest BCUT2D eigenvalue weighted by Crippen LogP contribution is -2.34. The van der Waals surface area contributed by atoms with E-state index in [4.69, 9.17) is 11.6 Å². The number of hydrogen-bond donors (Lipinski definition) is 0. The average molecular weight is 330 g/mol. The van der Waals surface area contributed by atoms with Gasteiger partial charge in [0, 0.05) is 29.6 Å². The zero-order valence-electron chi connectivity index (χ0n) is 12.6. The van der Waals surface area contributed by atoms with Crippen molar-refractivity contribution in [2.45, 2.75) is 19.4 Å². The largest absolute Gasteiger partial charge is 0.331 e. The van der Waals surface area contributed by atoms with Gasteiger partial charge in [0.15, 0.2) is 0 Å². The minimum absolute atomic E-state index is 0.181. The smallest absolute Gasteiger partial charge is 0.282 e. The Morgan fingerprint density at radius 1 is 1.09 bits per heavy atom. The first-order valence-corrected chi connectivity index (χ1v) is 7.75. The highest BCUT2D eigenvalue weighted by Gasteiger charge is 2.42. The Kier molecular flexibility index (Phi) is 4.30. The van der Waals surface area contributed by atoms with Crippen molar-refractivity contribution < 1.29 is 9.59 Å². The molecule has 0 spiro atoms.